The standard InChI is InChI=1S/C15H28N4OS/c1-6-19(7-2)14-17-11-12(21-14)10-16-9-8-13(20)18-15(3,4)5/h11,16H,6-10H2,1-5H3,(H,18,20). The third kappa shape index (κ3) is 6.91. The first kappa shape index (κ1) is 17.9. The highest BCUT2D eigenvalue weighted by Crippen LogP contribution is 2.21. The minimum Gasteiger partial charge on any atom is -0.351 e. The molecule has 0 aromatic carbocycles. The minimum atomic E-state index is -0.159. The summed E-state index contributed by atoms with van der Waals surface area (Å²) in [5.41, 5.74) is -0.159. The van der Waals surface area contributed by atoms with Crippen LogP contribution in [0.5, 0.6) is 0 Å². The number of rotatable bonds is 8. The molecule has 120 valence electrons. The van der Waals surface area contributed by atoms with Crippen molar-refractivity contribution < 1.29 is 4.79 Å². The van der Waals surface area contributed by atoms with Gasteiger partial charge >= 0.3 is 0 Å². The lowest BCUT2D eigenvalue weighted by Crippen LogP contribution is -2.41. The Morgan fingerprint density at radius 1 is 1.33 bits per heavy atom. The van der Waals surface area contributed by atoms with Crippen LogP contribution in [0.2, 0.25) is 0 Å². The molecule has 0 aliphatic carbocycles. The van der Waals surface area contributed by atoms with E-state index in [0.717, 1.165) is 24.8 Å². The van der Waals surface area contributed by atoms with Crippen LogP contribution >= 0.6 is 11.3 Å². The molecule has 5 nitrogen and oxygen atoms in total. The zero-order chi connectivity index (χ0) is 15.9. The summed E-state index contributed by atoms with van der Waals surface area (Å²) in [4.78, 5) is 19.6. The van der Waals surface area contributed by atoms with Crippen LogP contribution in [0.3, 0.4) is 0 Å². The SMILES string of the molecule is CCN(CC)c1ncc(CNCCC(=O)NC(C)(C)C)s1. The maximum atomic E-state index is 11.7. The van der Waals surface area contributed by atoms with Gasteiger partial charge in [0, 0.05) is 49.2 Å². The second-order valence-corrected chi connectivity index (χ2v) is 7.10. The molecule has 0 aliphatic rings. The molecule has 1 rings (SSSR count). The number of thiazole rings is 1. The number of hydrogen-bond acceptors (Lipinski definition) is 5. The van der Waals surface area contributed by atoms with Crippen LogP contribution in [0, 0.1) is 0 Å². The van der Waals surface area contributed by atoms with Crippen LogP contribution in [-0.2, 0) is 11.3 Å². The van der Waals surface area contributed by atoms with Gasteiger partial charge in [0.2, 0.25) is 5.91 Å². The molecule has 1 amide bonds. The Morgan fingerprint density at radius 2 is 2.00 bits per heavy atom. The summed E-state index contributed by atoms with van der Waals surface area (Å²) in [5.74, 6) is 0.0862. The first-order chi connectivity index (χ1) is 9.85. The van der Waals surface area contributed by atoms with Crippen molar-refractivity contribution in [3.05, 3.63) is 11.1 Å². The van der Waals surface area contributed by atoms with E-state index in [-0.39, 0.29) is 11.4 Å². The summed E-state index contributed by atoms with van der Waals surface area (Å²) in [6.07, 6.45) is 2.42. The van der Waals surface area contributed by atoms with Crippen molar-refractivity contribution in [1.82, 2.24) is 15.6 Å². The van der Waals surface area contributed by atoms with Crippen molar-refractivity contribution in [3.8, 4) is 0 Å². The van der Waals surface area contributed by atoms with E-state index in [0.29, 0.717) is 13.0 Å². The van der Waals surface area contributed by atoms with Crippen molar-refractivity contribution in [3.63, 3.8) is 0 Å². The molecular weight excluding hydrogens is 284 g/mol. The van der Waals surface area contributed by atoms with Gasteiger partial charge in [0.1, 0.15) is 0 Å². The van der Waals surface area contributed by atoms with Crippen LogP contribution in [0.25, 0.3) is 0 Å². The van der Waals surface area contributed by atoms with Gasteiger partial charge in [0.05, 0.1) is 0 Å². The molecule has 0 saturated heterocycles. The van der Waals surface area contributed by atoms with Crippen LogP contribution in [0.1, 0.15) is 45.9 Å². The summed E-state index contributed by atoms with van der Waals surface area (Å²) in [6.45, 7) is 13.6. The van der Waals surface area contributed by atoms with E-state index in [2.05, 4.69) is 34.4 Å². The monoisotopic (exact) mass is 312 g/mol. The zero-order valence-corrected chi connectivity index (χ0v) is 14.6. The van der Waals surface area contributed by atoms with Crippen LogP contribution in [0.4, 0.5) is 5.13 Å². The first-order valence-corrected chi connectivity index (χ1v) is 8.38. The van der Waals surface area contributed by atoms with E-state index in [9.17, 15) is 4.79 Å². The predicted octanol–water partition coefficient (Wildman–Crippen LogP) is 2.38. The molecule has 0 saturated carbocycles. The third-order valence-corrected chi connectivity index (χ3v) is 3.98. The van der Waals surface area contributed by atoms with Gasteiger partial charge in [0.15, 0.2) is 5.13 Å². The summed E-state index contributed by atoms with van der Waals surface area (Å²) >= 11 is 1.71. The lowest BCUT2D eigenvalue weighted by Gasteiger charge is -2.20. The van der Waals surface area contributed by atoms with Crippen LogP contribution < -0.4 is 15.5 Å². The van der Waals surface area contributed by atoms with Crippen molar-refractivity contribution in [2.24, 2.45) is 0 Å². The Kier molecular flexibility index (Phi) is 7.11. The Labute approximate surface area is 132 Å². The van der Waals surface area contributed by atoms with Crippen molar-refractivity contribution in [1.29, 1.82) is 0 Å². The van der Waals surface area contributed by atoms with Crippen molar-refractivity contribution >= 4 is 22.4 Å². The number of hydrogen-bond donors (Lipinski definition) is 2. The molecule has 1 heterocycles. The van der Waals surface area contributed by atoms with E-state index in [1.807, 2.05) is 27.0 Å². The van der Waals surface area contributed by atoms with Gasteiger partial charge in [-0.1, -0.05) is 0 Å². The molecule has 0 bridgehead atoms. The Hall–Kier alpha value is -1.14. The fourth-order valence-electron chi connectivity index (χ4n) is 1.91. The second kappa shape index (κ2) is 8.34. The topological polar surface area (TPSA) is 57.3 Å². The highest BCUT2D eigenvalue weighted by atomic mass is 32.1. The van der Waals surface area contributed by atoms with E-state index in [1.54, 1.807) is 11.3 Å². The Morgan fingerprint density at radius 3 is 2.57 bits per heavy atom. The van der Waals surface area contributed by atoms with Gasteiger partial charge in [-0.15, -0.1) is 11.3 Å². The molecule has 0 aliphatic heterocycles. The quantitative estimate of drug-likeness (QED) is 0.724. The Bertz CT molecular complexity index is 435. The van der Waals surface area contributed by atoms with E-state index in [1.165, 1.54) is 4.88 Å². The van der Waals surface area contributed by atoms with E-state index in [4.69, 9.17) is 0 Å². The number of nitrogens with zero attached hydrogens (tertiary/aromatic N) is 2. The largest absolute Gasteiger partial charge is 0.351 e. The molecule has 0 fully saturated rings. The van der Waals surface area contributed by atoms with Crippen molar-refractivity contribution in [2.75, 3.05) is 24.5 Å². The summed E-state index contributed by atoms with van der Waals surface area (Å²) in [5, 5.41) is 7.33. The molecule has 21 heavy (non-hydrogen) atoms. The highest BCUT2D eigenvalue weighted by Gasteiger charge is 2.13. The predicted molar refractivity (Wildman–Crippen MR) is 89.9 cm³/mol. The lowest BCUT2D eigenvalue weighted by molar-refractivity contribution is -0.122. The third-order valence-electron chi connectivity index (χ3n) is 2.92. The molecule has 1 aromatic rings. The summed E-state index contributed by atoms with van der Waals surface area (Å²) in [6, 6.07) is 0. The van der Waals surface area contributed by atoms with Gasteiger partial charge in [0.25, 0.3) is 0 Å². The zero-order valence-electron chi connectivity index (χ0n) is 13.8. The maximum absolute atomic E-state index is 11.7. The molecule has 1 aromatic heterocycles. The summed E-state index contributed by atoms with van der Waals surface area (Å²) in [7, 11) is 0. The number of carbonyl (C=O) groups excluding carboxylic acids is 1. The molecular formula is C15H28N4OS. The smallest absolute Gasteiger partial charge is 0.221 e. The minimum absolute atomic E-state index is 0.0862. The first-order valence-electron chi connectivity index (χ1n) is 7.57. The average Bonchev–Trinajstić information content (AvgIpc) is 2.83. The number of carbonyl (C=O) groups is 1. The number of nitrogens with one attached hydrogen (secondary N) is 2. The average molecular weight is 312 g/mol. The number of anilines is 1. The van der Waals surface area contributed by atoms with Gasteiger partial charge in [-0.2, -0.15) is 0 Å². The summed E-state index contributed by atoms with van der Waals surface area (Å²) < 4.78 is 0. The van der Waals surface area contributed by atoms with Gasteiger partial charge in [-0.3, -0.25) is 4.79 Å². The molecule has 0 atom stereocenters. The number of aromatic nitrogens is 1. The maximum Gasteiger partial charge on any atom is 0.221 e. The van der Waals surface area contributed by atoms with Crippen molar-refractivity contribution in [2.45, 2.75) is 53.1 Å². The van der Waals surface area contributed by atoms with Crippen LogP contribution in [0.15, 0.2) is 6.20 Å². The van der Waals surface area contributed by atoms with Gasteiger partial charge in [-0.25, -0.2) is 4.98 Å². The van der Waals surface area contributed by atoms with E-state index < -0.39 is 0 Å². The van der Waals surface area contributed by atoms with Gasteiger partial charge < -0.3 is 15.5 Å². The molecule has 2 N–H and O–H groups in total. The number of amides is 1. The van der Waals surface area contributed by atoms with Crippen LogP contribution in [-0.4, -0.2) is 36.1 Å². The second-order valence-electron chi connectivity index (χ2n) is 6.01. The van der Waals surface area contributed by atoms with E-state index >= 15 is 0 Å². The normalized spacial score (nSPS) is 11.5. The Balaban J connectivity index is 2.29. The lowest BCUT2D eigenvalue weighted by atomic mass is 10.1. The molecule has 0 spiro atoms. The fraction of sp³-hybridized carbons (Fsp3) is 0.733. The fourth-order valence-corrected chi connectivity index (χ4v) is 2.92. The molecule has 6 heteroatoms. The molecule has 0 unspecified atom stereocenters. The molecule has 0 radical (unpaired) electrons. The highest BCUT2D eigenvalue weighted by molar-refractivity contribution is 7.15. The van der Waals surface area contributed by atoms with Gasteiger partial charge in [-0.05, 0) is 34.6 Å².